The molecule has 2 aliphatic heterocycles. The Hall–Kier alpha value is -2.56. The van der Waals surface area contributed by atoms with E-state index < -0.39 is 53.2 Å². The number of esters is 1. The van der Waals surface area contributed by atoms with Crippen molar-refractivity contribution in [3.63, 3.8) is 0 Å². The highest BCUT2D eigenvalue weighted by molar-refractivity contribution is 7.90. The number of rotatable bonds is 6. The Kier molecular flexibility index (Phi) is 7.02. The number of ether oxygens (including phenoxy) is 4. The van der Waals surface area contributed by atoms with Gasteiger partial charge in [-0.05, 0) is 24.6 Å². The molecular weight excluding hydrogens is 436 g/mol. The number of benzene rings is 2. The molecule has 0 saturated carbocycles. The van der Waals surface area contributed by atoms with Crippen LogP contribution in [0.3, 0.4) is 0 Å². The molecule has 0 amide bonds. The molecule has 0 aromatic heterocycles. The van der Waals surface area contributed by atoms with E-state index in [4.69, 9.17) is 18.9 Å². The van der Waals surface area contributed by atoms with Crippen molar-refractivity contribution in [2.45, 2.75) is 43.4 Å². The smallest absolute Gasteiger partial charge is 0.356 e. The number of para-hydroxylation sites is 1. The number of aliphatic hydroxyl groups is 2. The van der Waals surface area contributed by atoms with Gasteiger partial charge in [0.15, 0.2) is 4.91 Å². The second kappa shape index (κ2) is 9.93. The van der Waals surface area contributed by atoms with E-state index >= 15 is 0 Å². The second-order valence-corrected chi connectivity index (χ2v) is 8.99. The molecule has 9 heteroatoms. The first-order valence-electron chi connectivity index (χ1n) is 10.1. The summed E-state index contributed by atoms with van der Waals surface area (Å²) in [5.74, 6) is -0.455. The Morgan fingerprint density at radius 3 is 2.41 bits per heavy atom. The molecule has 32 heavy (non-hydrogen) atoms. The molecule has 2 N–H and O–H groups in total. The highest BCUT2D eigenvalue weighted by atomic mass is 32.2. The summed E-state index contributed by atoms with van der Waals surface area (Å²) in [6.07, 6.45) is -4.28. The first-order valence-corrected chi connectivity index (χ1v) is 11.4. The normalized spacial score (nSPS) is 29.7. The molecule has 0 radical (unpaired) electrons. The molecule has 1 saturated heterocycles. The minimum atomic E-state index is -2.00. The lowest BCUT2D eigenvalue weighted by Crippen LogP contribution is -2.62. The minimum Gasteiger partial charge on any atom is -0.467 e. The van der Waals surface area contributed by atoms with Gasteiger partial charge < -0.3 is 29.2 Å². The summed E-state index contributed by atoms with van der Waals surface area (Å²) in [5.41, 5.74) is 0.863. The van der Waals surface area contributed by atoms with Crippen molar-refractivity contribution in [3.05, 3.63) is 76.9 Å². The SMILES string of the molecule is CC1=C(C(=O)Oc2ccccc2)S(=O)[C@H]2[C@@H](O1)O[C@H](CO)[C@@H](OCc1ccccc1)[C@@H]2O. The van der Waals surface area contributed by atoms with Crippen LogP contribution in [0.25, 0.3) is 0 Å². The number of carbonyl (C=O) groups excluding carboxylic acids is 1. The van der Waals surface area contributed by atoms with Crippen molar-refractivity contribution in [2.24, 2.45) is 0 Å². The molecule has 0 spiro atoms. The van der Waals surface area contributed by atoms with Crippen molar-refractivity contribution in [2.75, 3.05) is 6.61 Å². The quantitative estimate of drug-likeness (QED) is 0.494. The molecule has 6 atom stereocenters. The lowest BCUT2D eigenvalue weighted by atomic mass is 10.0. The molecule has 2 heterocycles. The van der Waals surface area contributed by atoms with Crippen molar-refractivity contribution in [1.29, 1.82) is 0 Å². The van der Waals surface area contributed by atoms with Gasteiger partial charge in [0.1, 0.15) is 35.1 Å². The highest BCUT2D eigenvalue weighted by Gasteiger charge is 2.53. The fourth-order valence-corrected chi connectivity index (χ4v) is 5.25. The molecule has 170 valence electrons. The molecule has 1 fully saturated rings. The van der Waals surface area contributed by atoms with Crippen LogP contribution < -0.4 is 4.74 Å². The van der Waals surface area contributed by atoms with Gasteiger partial charge in [0.05, 0.1) is 24.0 Å². The summed E-state index contributed by atoms with van der Waals surface area (Å²) >= 11 is 0. The standard InChI is InChI=1S/C23H24O8S/c1-14-20(22(26)30-16-10-6-3-7-11-16)32(27)21-18(25)19(17(12-24)31-23(21)29-14)28-13-15-8-4-2-5-9-15/h2-11,17-19,21,23-25H,12-13H2,1H3/t17-,18+,19-,21-,23+,32?/m1/s1. The Morgan fingerprint density at radius 1 is 1.09 bits per heavy atom. The van der Waals surface area contributed by atoms with Crippen molar-refractivity contribution < 1.29 is 38.2 Å². The molecule has 1 unspecified atom stereocenters. The lowest BCUT2D eigenvalue weighted by Gasteiger charge is -2.45. The van der Waals surface area contributed by atoms with E-state index in [0.29, 0.717) is 5.75 Å². The predicted molar refractivity (Wildman–Crippen MR) is 115 cm³/mol. The number of aliphatic hydroxyl groups excluding tert-OH is 2. The average molecular weight is 461 g/mol. The van der Waals surface area contributed by atoms with Gasteiger partial charge in [-0.2, -0.15) is 0 Å². The lowest BCUT2D eigenvalue weighted by molar-refractivity contribution is -0.254. The molecular formula is C23H24O8S. The maximum absolute atomic E-state index is 13.3. The molecule has 0 bridgehead atoms. The number of hydrogen-bond acceptors (Lipinski definition) is 8. The summed E-state index contributed by atoms with van der Waals surface area (Å²) in [6.45, 7) is 1.21. The zero-order valence-corrected chi connectivity index (χ0v) is 18.1. The summed E-state index contributed by atoms with van der Waals surface area (Å²) < 4.78 is 35.9. The van der Waals surface area contributed by atoms with Crippen LogP contribution in [0, 0.1) is 0 Å². The Balaban J connectivity index is 1.54. The van der Waals surface area contributed by atoms with Gasteiger partial charge in [-0.15, -0.1) is 0 Å². The first kappa shape index (κ1) is 22.6. The molecule has 4 rings (SSSR count). The summed E-state index contributed by atoms with van der Waals surface area (Å²) in [7, 11) is -2.00. The topological polar surface area (TPSA) is 112 Å². The third-order valence-corrected chi connectivity index (χ3v) is 7.13. The van der Waals surface area contributed by atoms with Gasteiger partial charge in [-0.3, -0.25) is 4.21 Å². The van der Waals surface area contributed by atoms with Crippen molar-refractivity contribution in [3.8, 4) is 5.75 Å². The van der Waals surface area contributed by atoms with Gasteiger partial charge in [0.2, 0.25) is 6.29 Å². The van der Waals surface area contributed by atoms with Crippen LogP contribution >= 0.6 is 0 Å². The van der Waals surface area contributed by atoms with E-state index in [-0.39, 0.29) is 17.3 Å². The number of fused-ring (bicyclic) bond motifs is 1. The zero-order valence-electron chi connectivity index (χ0n) is 17.3. The van der Waals surface area contributed by atoms with Crippen LogP contribution in [0.4, 0.5) is 0 Å². The van der Waals surface area contributed by atoms with Crippen LogP contribution in [0.1, 0.15) is 12.5 Å². The highest BCUT2D eigenvalue weighted by Crippen LogP contribution is 2.36. The minimum absolute atomic E-state index is 0.0815. The van der Waals surface area contributed by atoms with Gasteiger partial charge >= 0.3 is 5.97 Å². The summed E-state index contributed by atoms with van der Waals surface area (Å²) in [5, 5.41) is 19.7. The Morgan fingerprint density at radius 2 is 1.75 bits per heavy atom. The van der Waals surface area contributed by atoms with E-state index in [9.17, 15) is 19.2 Å². The van der Waals surface area contributed by atoms with E-state index in [0.717, 1.165) is 5.56 Å². The summed E-state index contributed by atoms with van der Waals surface area (Å²) in [4.78, 5) is 12.6. The number of hydrogen-bond donors (Lipinski definition) is 2. The second-order valence-electron chi connectivity index (χ2n) is 7.45. The fourth-order valence-electron chi connectivity index (χ4n) is 3.71. The van der Waals surface area contributed by atoms with E-state index in [1.165, 1.54) is 6.92 Å². The predicted octanol–water partition coefficient (Wildman–Crippen LogP) is 1.63. The maximum atomic E-state index is 13.3. The average Bonchev–Trinajstić information content (AvgIpc) is 2.79. The summed E-state index contributed by atoms with van der Waals surface area (Å²) in [6, 6.07) is 17.7. The van der Waals surface area contributed by atoms with Gasteiger partial charge in [-0.25, -0.2) is 4.79 Å². The van der Waals surface area contributed by atoms with E-state index in [2.05, 4.69) is 0 Å². The Labute approximate surface area is 187 Å². The van der Waals surface area contributed by atoms with Gasteiger partial charge in [0, 0.05) is 0 Å². The number of carbonyl (C=O) groups is 1. The largest absolute Gasteiger partial charge is 0.467 e. The van der Waals surface area contributed by atoms with Gasteiger partial charge in [-0.1, -0.05) is 48.5 Å². The van der Waals surface area contributed by atoms with E-state index in [1.807, 2.05) is 30.3 Å². The zero-order chi connectivity index (χ0) is 22.7. The Bertz CT molecular complexity index is 994. The fraction of sp³-hybridized carbons (Fsp3) is 0.348. The van der Waals surface area contributed by atoms with Crippen LogP contribution in [-0.2, 0) is 36.4 Å². The molecule has 2 aromatic rings. The number of allylic oxidation sites excluding steroid dienone is 1. The molecule has 8 nitrogen and oxygen atoms in total. The van der Waals surface area contributed by atoms with Crippen LogP contribution in [-0.4, -0.2) is 56.9 Å². The molecule has 2 aliphatic rings. The molecule has 0 aliphatic carbocycles. The monoisotopic (exact) mass is 460 g/mol. The van der Waals surface area contributed by atoms with Crippen molar-refractivity contribution >= 4 is 16.8 Å². The third-order valence-electron chi connectivity index (χ3n) is 5.28. The van der Waals surface area contributed by atoms with Crippen LogP contribution in [0.15, 0.2) is 71.3 Å². The third kappa shape index (κ3) is 4.62. The van der Waals surface area contributed by atoms with Crippen molar-refractivity contribution in [1.82, 2.24) is 0 Å². The van der Waals surface area contributed by atoms with E-state index in [1.54, 1.807) is 30.3 Å². The van der Waals surface area contributed by atoms with Crippen LogP contribution in [0.5, 0.6) is 5.75 Å². The van der Waals surface area contributed by atoms with Crippen LogP contribution in [0.2, 0.25) is 0 Å². The maximum Gasteiger partial charge on any atom is 0.356 e. The first-order chi connectivity index (χ1) is 15.5. The molecule has 2 aromatic carbocycles. The van der Waals surface area contributed by atoms with Gasteiger partial charge in [0.25, 0.3) is 0 Å².